The van der Waals surface area contributed by atoms with Gasteiger partial charge in [-0.15, -0.1) is 0 Å². The molecule has 4 heteroatoms. The molecule has 0 bridgehead atoms. The largest absolute Gasteiger partial charge is 0.469 e. The third-order valence-corrected chi connectivity index (χ3v) is 1.54. The number of hydrogen-bond acceptors (Lipinski definition) is 4. The summed E-state index contributed by atoms with van der Waals surface area (Å²) in [5, 5.41) is 9.30. The Labute approximate surface area is 78.8 Å². The highest BCUT2D eigenvalue weighted by Crippen LogP contribution is 2.06. The number of methoxy groups -OCH3 is 1. The van der Waals surface area contributed by atoms with Crippen molar-refractivity contribution in [2.75, 3.05) is 20.3 Å². The van der Waals surface area contributed by atoms with Gasteiger partial charge in [-0.1, -0.05) is 0 Å². The minimum absolute atomic E-state index is 0.266. The summed E-state index contributed by atoms with van der Waals surface area (Å²) in [4.78, 5) is 10.6. The number of carbonyl (C=O) groups excluding carboxylic acids is 1. The van der Waals surface area contributed by atoms with Crippen molar-refractivity contribution in [3.05, 3.63) is 0 Å². The average molecular weight is 190 g/mol. The lowest BCUT2D eigenvalue weighted by Gasteiger charge is -2.16. The molecule has 0 aliphatic rings. The van der Waals surface area contributed by atoms with E-state index < -0.39 is 5.60 Å². The Hall–Kier alpha value is -0.610. The van der Waals surface area contributed by atoms with E-state index in [-0.39, 0.29) is 12.4 Å². The van der Waals surface area contributed by atoms with E-state index in [0.717, 1.165) is 0 Å². The molecule has 0 unspecified atom stereocenters. The molecule has 0 spiro atoms. The molecule has 0 aromatic heterocycles. The topological polar surface area (TPSA) is 55.8 Å². The zero-order valence-electron chi connectivity index (χ0n) is 8.50. The molecule has 0 heterocycles. The Bertz CT molecular complexity index is 148. The highest BCUT2D eigenvalue weighted by Gasteiger charge is 2.11. The van der Waals surface area contributed by atoms with Gasteiger partial charge >= 0.3 is 5.97 Å². The smallest absolute Gasteiger partial charge is 0.307 e. The minimum Gasteiger partial charge on any atom is -0.469 e. The van der Waals surface area contributed by atoms with Crippen molar-refractivity contribution in [1.82, 2.24) is 0 Å². The molecular weight excluding hydrogens is 172 g/mol. The van der Waals surface area contributed by atoms with E-state index in [1.807, 2.05) is 0 Å². The van der Waals surface area contributed by atoms with Gasteiger partial charge in [0.25, 0.3) is 0 Å². The second-order valence-corrected chi connectivity index (χ2v) is 3.50. The normalized spacial score (nSPS) is 11.4. The Morgan fingerprint density at radius 2 is 2.00 bits per heavy atom. The lowest BCUT2D eigenvalue weighted by Crippen LogP contribution is -2.21. The summed E-state index contributed by atoms with van der Waals surface area (Å²) in [6.07, 6.45) is 0.830. The second kappa shape index (κ2) is 5.94. The van der Waals surface area contributed by atoms with Crippen molar-refractivity contribution < 1.29 is 19.4 Å². The molecule has 0 saturated carbocycles. The number of aliphatic hydroxyl groups is 1. The molecule has 0 rings (SSSR count). The van der Waals surface area contributed by atoms with E-state index in [9.17, 15) is 9.90 Å². The first-order chi connectivity index (χ1) is 5.95. The lowest BCUT2D eigenvalue weighted by atomic mass is 10.1. The van der Waals surface area contributed by atoms with E-state index in [1.165, 1.54) is 7.11 Å². The van der Waals surface area contributed by atoms with Gasteiger partial charge in [-0.3, -0.25) is 4.79 Å². The first-order valence-electron chi connectivity index (χ1n) is 4.32. The van der Waals surface area contributed by atoms with Crippen LogP contribution in [0.3, 0.4) is 0 Å². The van der Waals surface area contributed by atoms with Gasteiger partial charge in [-0.2, -0.15) is 0 Å². The minimum atomic E-state index is -0.703. The summed E-state index contributed by atoms with van der Waals surface area (Å²) in [7, 11) is 1.35. The molecular formula is C9H18O4. The fourth-order valence-electron chi connectivity index (χ4n) is 0.682. The predicted molar refractivity (Wildman–Crippen MR) is 48.4 cm³/mol. The summed E-state index contributed by atoms with van der Waals surface area (Å²) < 4.78 is 9.55. The van der Waals surface area contributed by atoms with Crippen LogP contribution in [0.15, 0.2) is 0 Å². The Balaban J connectivity index is 3.22. The molecule has 4 nitrogen and oxygen atoms in total. The first kappa shape index (κ1) is 12.4. The molecule has 0 aliphatic carbocycles. The predicted octanol–water partition coefficient (Wildman–Crippen LogP) is 0.727. The number of carbonyl (C=O) groups is 1. The molecule has 0 aromatic carbocycles. The highest BCUT2D eigenvalue weighted by atomic mass is 16.5. The second-order valence-electron chi connectivity index (χ2n) is 3.50. The molecule has 1 N–H and O–H groups in total. The van der Waals surface area contributed by atoms with Crippen LogP contribution >= 0.6 is 0 Å². The van der Waals surface area contributed by atoms with Crippen molar-refractivity contribution in [2.45, 2.75) is 32.3 Å². The maximum atomic E-state index is 10.6. The zero-order chi connectivity index (χ0) is 10.3. The molecule has 0 saturated heterocycles. The number of ether oxygens (including phenoxy) is 2. The van der Waals surface area contributed by atoms with E-state index in [0.29, 0.717) is 19.6 Å². The Kier molecular flexibility index (Phi) is 5.66. The van der Waals surface area contributed by atoms with Crippen molar-refractivity contribution >= 4 is 5.97 Å². The van der Waals surface area contributed by atoms with Crippen LogP contribution in [0.5, 0.6) is 0 Å². The standard InChI is InChI=1S/C9H18O4/c1-9(2,11)5-7-13-6-4-8(10)12-3/h11H,4-7H2,1-3H3. The molecule has 0 aromatic rings. The molecule has 0 amide bonds. The monoisotopic (exact) mass is 190 g/mol. The molecule has 0 fully saturated rings. The van der Waals surface area contributed by atoms with Gasteiger partial charge in [0.05, 0.1) is 25.7 Å². The van der Waals surface area contributed by atoms with Gasteiger partial charge in [-0.05, 0) is 20.3 Å². The summed E-state index contributed by atoms with van der Waals surface area (Å²) >= 11 is 0. The van der Waals surface area contributed by atoms with Gasteiger partial charge in [0.15, 0.2) is 0 Å². The molecule has 0 atom stereocenters. The Morgan fingerprint density at radius 1 is 1.38 bits per heavy atom. The van der Waals surface area contributed by atoms with Crippen molar-refractivity contribution in [3.8, 4) is 0 Å². The van der Waals surface area contributed by atoms with Gasteiger partial charge in [0.1, 0.15) is 0 Å². The van der Waals surface area contributed by atoms with Gasteiger partial charge < -0.3 is 14.6 Å². The molecule has 78 valence electrons. The SMILES string of the molecule is COC(=O)CCOCCC(C)(C)O. The lowest BCUT2D eigenvalue weighted by molar-refractivity contribution is -0.141. The first-order valence-corrected chi connectivity index (χ1v) is 4.32. The van der Waals surface area contributed by atoms with Gasteiger partial charge in [0, 0.05) is 6.61 Å². The van der Waals surface area contributed by atoms with Crippen LogP contribution < -0.4 is 0 Å². The quantitative estimate of drug-likeness (QED) is 0.495. The summed E-state index contributed by atoms with van der Waals surface area (Å²) in [6.45, 7) is 4.25. The maximum Gasteiger partial charge on any atom is 0.307 e. The van der Waals surface area contributed by atoms with Gasteiger partial charge in [-0.25, -0.2) is 0 Å². The highest BCUT2D eigenvalue weighted by molar-refractivity contribution is 5.69. The van der Waals surface area contributed by atoms with Crippen molar-refractivity contribution in [1.29, 1.82) is 0 Å². The van der Waals surface area contributed by atoms with Crippen LogP contribution in [-0.2, 0) is 14.3 Å². The maximum absolute atomic E-state index is 10.6. The molecule has 0 aliphatic heterocycles. The van der Waals surface area contributed by atoms with Gasteiger partial charge in [0.2, 0.25) is 0 Å². The average Bonchev–Trinajstić information content (AvgIpc) is 2.01. The van der Waals surface area contributed by atoms with Crippen LogP contribution in [0, 0.1) is 0 Å². The van der Waals surface area contributed by atoms with E-state index in [1.54, 1.807) is 13.8 Å². The number of hydrogen-bond donors (Lipinski definition) is 1. The molecule has 13 heavy (non-hydrogen) atoms. The van der Waals surface area contributed by atoms with Crippen LogP contribution in [-0.4, -0.2) is 37.0 Å². The van der Waals surface area contributed by atoms with Crippen LogP contribution in [0.1, 0.15) is 26.7 Å². The van der Waals surface area contributed by atoms with E-state index in [4.69, 9.17) is 4.74 Å². The zero-order valence-corrected chi connectivity index (χ0v) is 8.50. The van der Waals surface area contributed by atoms with Crippen LogP contribution in [0.2, 0.25) is 0 Å². The van der Waals surface area contributed by atoms with E-state index >= 15 is 0 Å². The fraction of sp³-hybridized carbons (Fsp3) is 0.889. The molecule has 0 radical (unpaired) electrons. The summed E-state index contributed by atoms with van der Waals surface area (Å²) in [5.41, 5.74) is -0.703. The third-order valence-electron chi connectivity index (χ3n) is 1.54. The van der Waals surface area contributed by atoms with Crippen LogP contribution in [0.4, 0.5) is 0 Å². The number of rotatable bonds is 6. The van der Waals surface area contributed by atoms with Crippen LogP contribution in [0.25, 0.3) is 0 Å². The number of esters is 1. The van der Waals surface area contributed by atoms with Crippen molar-refractivity contribution in [3.63, 3.8) is 0 Å². The summed E-state index contributed by atoms with van der Waals surface area (Å²) in [5.74, 6) is -0.275. The third kappa shape index (κ3) is 9.30. The fourth-order valence-corrected chi connectivity index (χ4v) is 0.682. The van der Waals surface area contributed by atoms with Crippen molar-refractivity contribution in [2.24, 2.45) is 0 Å². The van der Waals surface area contributed by atoms with E-state index in [2.05, 4.69) is 4.74 Å². The summed E-state index contributed by atoms with van der Waals surface area (Å²) in [6, 6.07) is 0. The Morgan fingerprint density at radius 3 is 2.46 bits per heavy atom.